The molecule has 15 heavy (non-hydrogen) atoms. The van der Waals surface area contributed by atoms with Gasteiger partial charge in [-0.1, -0.05) is 6.92 Å². The molecule has 2 heterocycles. The molecule has 0 radical (unpaired) electrons. The van der Waals surface area contributed by atoms with E-state index in [2.05, 4.69) is 6.92 Å². The molecule has 4 nitrogen and oxygen atoms in total. The van der Waals surface area contributed by atoms with Crippen LogP contribution in [0.3, 0.4) is 0 Å². The number of carbonyl (C=O) groups is 1. The lowest BCUT2D eigenvalue weighted by molar-refractivity contribution is -0.129. The van der Waals surface area contributed by atoms with E-state index in [9.17, 15) is 4.79 Å². The highest BCUT2D eigenvalue weighted by atomic mass is 16.5. The lowest BCUT2D eigenvalue weighted by atomic mass is 9.99. The molecular formula is C11H20N2O2. The van der Waals surface area contributed by atoms with Crippen molar-refractivity contribution in [3.63, 3.8) is 0 Å². The van der Waals surface area contributed by atoms with Gasteiger partial charge in [0, 0.05) is 25.6 Å². The van der Waals surface area contributed by atoms with Gasteiger partial charge in [-0.25, -0.2) is 0 Å². The van der Waals surface area contributed by atoms with E-state index < -0.39 is 0 Å². The number of carbonyl (C=O) groups excluding carboxylic acids is 1. The number of rotatable bonds is 3. The lowest BCUT2D eigenvalue weighted by Crippen LogP contribution is -2.38. The maximum Gasteiger partial charge on any atom is 0.239 e. The van der Waals surface area contributed by atoms with Crippen LogP contribution < -0.4 is 5.73 Å². The summed E-state index contributed by atoms with van der Waals surface area (Å²) in [7, 11) is 0. The highest BCUT2D eigenvalue weighted by Crippen LogP contribution is 2.25. The van der Waals surface area contributed by atoms with Crippen molar-refractivity contribution in [1.29, 1.82) is 0 Å². The molecule has 2 rings (SSSR count). The van der Waals surface area contributed by atoms with Gasteiger partial charge in [-0.15, -0.1) is 0 Å². The van der Waals surface area contributed by atoms with Gasteiger partial charge >= 0.3 is 0 Å². The lowest BCUT2D eigenvalue weighted by Gasteiger charge is -2.23. The van der Waals surface area contributed by atoms with E-state index in [1.807, 2.05) is 4.90 Å². The van der Waals surface area contributed by atoms with Crippen molar-refractivity contribution in [2.45, 2.75) is 38.3 Å². The van der Waals surface area contributed by atoms with Crippen LogP contribution in [0.5, 0.6) is 0 Å². The molecule has 86 valence electrons. The predicted octanol–water partition coefficient (Wildman–Crippen LogP) is 0.361. The first-order chi connectivity index (χ1) is 7.22. The Bertz CT molecular complexity index is 245. The minimum absolute atomic E-state index is 0.122. The van der Waals surface area contributed by atoms with Crippen molar-refractivity contribution >= 4 is 5.91 Å². The molecule has 2 fully saturated rings. The number of ether oxygens (including phenoxy) is 1. The Balaban J connectivity index is 1.89. The summed E-state index contributed by atoms with van der Waals surface area (Å²) in [5.41, 5.74) is 5.69. The topological polar surface area (TPSA) is 55.6 Å². The standard InChI is InChI=1S/C11H20N2O2/c1-2-10-8(4-6-15-10)7-13-5-3-9(12)11(13)14/h8-10H,2-7,12H2,1H3. The Morgan fingerprint density at radius 3 is 2.93 bits per heavy atom. The Kier molecular flexibility index (Phi) is 3.26. The average molecular weight is 212 g/mol. The molecule has 0 aromatic heterocycles. The first-order valence-electron chi connectivity index (χ1n) is 5.88. The van der Waals surface area contributed by atoms with Gasteiger partial charge in [0.05, 0.1) is 12.1 Å². The summed E-state index contributed by atoms with van der Waals surface area (Å²) in [6.07, 6.45) is 3.27. The molecule has 3 atom stereocenters. The largest absolute Gasteiger partial charge is 0.378 e. The molecule has 0 aliphatic carbocycles. The van der Waals surface area contributed by atoms with Crippen LogP contribution in [0.1, 0.15) is 26.2 Å². The first-order valence-corrected chi connectivity index (χ1v) is 5.88. The highest BCUT2D eigenvalue weighted by molar-refractivity contribution is 5.83. The van der Waals surface area contributed by atoms with Crippen molar-refractivity contribution < 1.29 is 9.53 Å². The van der Waals surface area contributed by atoms with E-state index in [1.54, 1.807) is 0 Å². The van der Waals surface area contributed by atoms with Gasteiger partial charge < -0.3 is 15.4 Å². The monoisotopic (exact) mass is 212 g/mol. The number of nitrogens with zero attached hydrogens (tertiary/aromatic N) is 1. The van der Waals surface area contributed by atoms with Crippen molar-refractivity contribution in [3.05, 3.63) is 0 Å². The van der Waals surface area contributed by atoms with E-state index in [-0.39, 0.29) is 11.9 Å². The quantitative estimate of drug-likeness (QED) is 0.735. The van der Waals surface area contributed by atoms with Crippen LogP contribution in [-0.4, -0.2) is 42.6 Å². The fraction of sp³-hybridized carbons (Fsp3) is 0.909. The Labute approximate surface area is 90.8 Å². The molecule has 0 aromatic rings. The van der Waals surface area contributed by atoms with Crippen LogP contribution in [0.4, 0.5) is 0 Å². The van der Waals surface area contributed by atoms with Gasteiger partial charge in [0.1, 0.15) is 0 Å². The zero-order valence-corrected chi connectivity index (χ0v) is 9.32. The maximum absolute atomic E-state index is 11.6. The van der Waals surface area contributed by atoms with E-state index >= 15 is 0 Å². The summed E-state index contributed by atoms with van der Waals surface area (Å²) >= 11 is 0. The van der Waals surface area contributed by atoms with Crippen molar-refractivity contribution in [3.8, 4) is 0 Å². The van der Waals surface area contributed by atoms with E-state index in [1.165, 1.54) is 0 Å². The Morgan fingerprint density at radius 2 is 2.33 bits per heavy atom. The van der Waals surface area contributed by atoms with E-state index in [0.717, 1.165) is 39.0 Å². The van der Waals surface area contributed by atoms with Gasteiger partial charge in [0.15, 0.2) is 0 Å². The van der Waals surface area contributed by atoms with Crippen molar-refractivity contribution in [2.75, 3.05) is 19.7 Å². The minimum atomic E-state index is -0.257. The number of hydrogen-bond donors (Lipinski definition) is 1. The molecule has 2 N–H and O–H groups in total. The molecule has 4 heteroatoms. The summed E-state index contributed by atoms with van der Waals surface area (Å²) in [4.78, 5) is 13.6. The van der Waals surface area contributed by atoms with Gasteiger partial charge in [-0.05, 0) is 19.3 Å². The zero-order chi connectivity index (χ0) is 10.8. The van der Waals surface area contributed by atoms with Gasteiger partial charge in [0.25, 0.3) is 0 Å². The molecule has 0 bridgehead atoms. The normalized spacial score (nSPS) is 36.5. The molecular weight excluding hydrogens is 192 g/mol. The number of hydrogen-bond acceptors (Lipinski definition) is 3. The Hall–Kier alpha value is -0.610. The SMILES string of the molecule is CCC1OCCC1CN1CCC(N)C1=O. The molecule has 3 unspecified atom stereocenters. The zero-order valence-electron chi connectivity index (χ0n) is 9.32. The molecule has 2 aliphatic heterocycles. The maximum atomic E-state index is 11.6. The predicted molar refractivity (Wildman–Crippen MR) is 57.3 cm³/mol. The van der Waals surface area contributed by atoms with Crippen LogP contribution in [0.25, 0.3) is 0 Å². The highest BCUT2D eigenvalue weighted by Gasteiger charge is 2.34. The molecule has 0 aromatic carbocycles. The van der Waals surface area contributed by atoms with E-state index in [4.69, 9.17) is 10.5 Å². The van der Waals surface area contributed by atoms with Crippen LogP contribution in [0.15, 0.2) is 0 Å². The number of likely N-dealkylation sites (tertiary alicyclic amines) is 1. The molecule has 0 spiro atoms. The van der Waals surface area contributed by atoms with Gasteiger partial charge in [0.2, 0.25) is 5.91 Å². The smallest absolute Gasteiger partial charge is 0.239 e. The fourth-order valence-electron chi connectivity index (χ4n) is 2.58. The average Bonchev–Trinajstić information content (AvgIpc) is 2.80. The second kappa shape index (κ2) is 4.49. The summed E-state index contributed by atoms with van der Waals surface area (Å²) in [6.45, 7) is 4.65. The third-order valence-electron chi connectivity index (χ3n) is 3.54. The molecule has 2 saturated heterocycles. The summed E-state index contributed by atoms with van der Waals surface area (Å²) in [6, 6.07) is -0.257. The third-order valence-corrected chi connectivity index (χ3v) is 3.54. The summed E-state index contributed by atoms with van der Waals surface area (Å²) in [5, 5.41) is 0. The molecule has 2 aliphatic rings. The summed E-state index contributed by atoms with van der Waals surface area (Å²) < 4.78 is 5.62. The van der Waals surface area contributed by atoms with Crippen molar-refractivity contribution in [2.24, 2.45) is 11.7 Å². The van der Waals surface area contributed by atoms with Crippen molar-refractivity contribution in [1.82, 2.24) is 4.90 Å². The molecule has 0 saturated carbocycles. The Morgan fingerprint density at radius 1 is 1.53 bits per heavy atom. The third kappa shape index (κ3) is 2.16. The minimum Gasteiger partial charge on any atom is -0.378 e. The van der Waals surface area contributed by atoms with Crippen LogP contribution in [0.2, 0.25) is 0 Å². The number of nitrogens with two attached hydrogens (primary N) is 1. The van der Waals surface area contributed by atoms with Crippen LogP contribution >= 0.6 is 0 Å². The van der Waals surface area contributed by atoms with E-state index in [0.29, 0.717) is 12.0 Å². The second-order valence-corrected chi connectivity index (χ2v) is 4.55. The number of amides is 1. The first kappa shape index (κ1) is 10.9. The van der Waals surface area contributed by atoms with Crippen LogP contribution in [0, 0.1) is 5.92 Å². The van der Waals surface area contributed by atoms with Crippen LogP contribution in [-0.2, 0) is 9.53 Å². The van der Waals surface area contributed by atoms with Gasteiger partial charge in [-0.3, -0.25) is 4.79 Å². The fourth-order valence-corrected chi connectivity index (χ4v) is 2.58. The van der Waals surface area contributed by atoms with Gasteiger partial charge in [-0.2, -0.15) is 0 Å². The molecule has 1 amide bonds. The second-order valence-electron chi connectivity index (χ2n) is 4.55. The summed E-state index contributed by atoms with van der Waals surface area (Å²) in [5.74, 6) is 0.640.